The minimum atomic E-state index is -0.218. The van der Waals surface area contributed by atoms with Crippen LogP contribution < -0.4 is 15.0 Å². The number of anilines is 1. The number of hydrogen-bond acceptors (Lipinski definition) is 6. The van der Waals surface area contributed by atoms with Gasteiger partial charge >= 0.3 is 0 Å². The lowest BCUT2D eigenvalue weighted by molar-refractivity contribution is -0.123. The van der Waals surface area contributed by atoms with Crippen LogP contribution in [0.3, 0.4) is 0 Å². The van der Waals surface area contributed by atoms with E-state index in [1.807, 2.05) is 54.2 Å². The summed E-state index contributed by atoms with van der Waals surface area (Å²) in [6.45, 7) is 4.17. The fraction of sp³-hybridized carbons (Fsp3) is 0.333. The van der Waals surface area contributed by atoms with E-state index in [1.165, 1.54) is 20.4 Å². The van der Waals surface area contributed by atoms with Crippen LogP contribution in [-0.4, -0.2) is 24.2 Å². The fourth-order valence-electron chi connectivity index (χ4n) is 7.10. The van der Waals surface area contributed by atoms with Gasteiger partial charge in [0.1, 0.15) is 5.75 Å². The third-order valence-electron chi connectivity index (χ3n) is 8.28. The Morgan fingerprint density at radius 2 is 1.71 bits per heavy atom. The summed E-state index contributed by atoms with van der Waals surface area (Å²) in [7, 11) is 1.68. The number of para-hydroxylation sites is 1. The molecule has 34 heavy (non-hydrogen) atoms. The number of hydrogen-bond donors (Lipinski definition) is 1. The van der Waals surface area contributed by atoms with Crippen LogP contribution in [0, 0.1) is 29.6 Å². The Morgan fingerprint density at radius 3 is 2.41 bits per heavy atom. The summed E-state index contributed by atoms with van der Waals surface area (Å²) in [5.41, 5.74) is 1.94. The van der Waals surface area contributed by atoms with Crippen LogP contribution in [0.1, 0.15) is 17.9 Å². The minimum absolute atomic E-state index is 0.00739. The van der Waals surface area contributed by atoms with E-state index in [0.29, 0.717) is 16.9 Å². The molecule has 2 aromatic carbocycles. The molecule has 3 fully saturated rings. The van der Waals surface area contributed by atoms with E-state index >= 15 is 0 Å². The highest BCUT2D eigenvalue weighted by Crippen LogP contribution is 2.70. The second-order valence-electron chi connectivity index (χ2n) is 9.72. The zero-order valence-electron chi connectivity index (χ0n) is 18.6. The lowest BCUT2D eigenvalue weighted by atomic mass is 9.68. The van der Waals surface area contributed by atoms with Crippen LogP contribution in [0.5, 0.6) is 5.75 Å². The molecule has 1 N–H and O–H groups in total. The number of imide groups is 1. The molecule has 2 amide bonds. The van der Waals surface area contributed by atoms with Gasteiger partial charge in [-0.15, -0.1) is 11.8 Å². The first-order chi connectivity index (χ1) is 16.6. The molecule has 2 aliphatic carbocycles. The zero-order valence-corrected chi connectivity index (χ0v) is 20.3. The number of rotatable bonds is 3. The largest absolute Gasteiger partial charge is 0.497 e. The average Bonchev–Trinajstić information content (AvgIpc) is 3.58. The smallest absolute Gasteiger partial charge is 0.238 e. The summed E-state index contributed by atoms with van der Waals surface area (Å²) in [5.74, 6) is 1.32. The number of methoxy groups -OCH3 is 1. The van der Waals surface area contributed by atoms with Crippen molar-refractivity contribution in [3.63, 3.8) is 0 Å². The number of ether oxygens (including phenoxy) is 1. The van der Waals surface area contributed by atoms with Crippen molar-refractivity contribution in [2.75, 3.05) is 12.0 Å². The Labute approximate surface area is 207 Å². The van der Waals surface area contributed by atoms with E-state index in [-0.39, 0.29) is 41.4 Å². The number of benzene rings is 2. The van der Waals surface area contributed by atoms with Gasteiger partial charge < -0.3 is 10.1 Å². The van der Waals surface area contributed by atoms with Gasteiger partial charge in [0.15, 0.2) is 0 Å². The number of nitrogens with one attached hydrogen (secondary N) is 1. The van der Waals surface area contributed by atoms with Crippen LogP contribution in [0.15, 0.2) is 76.1 Å². The number of thioether (sulfide) groups is 2. The quantitative estimate of drug-likeness (QED) is 0.618. The Balaban J connectivity index is 1.30. The van der Waals surface area contributed by atoms with Gasteiger partial charge in [-0.2, -0.15) is 0 Å². The van der Waals surface area contributed by atoms with Gasteiger partial charge in [-0.25, -0.2) is 0 Å². The number of nitrogens with zero attached hydrogens (tertiary/aromatic N) is 1. The molecular weight excluding hydrogens is 464 g/mol. The van der Waals surface area contributed by atoms with Crippen LogP contribution in [0.4, 0.5) is 5.69 Å². The van der Waals surface area contributed by atoms with Gasteiger partial charge in [0, 0.05) is 16.1 Å². The molecule has 0 radical (unpaired) electrons. The number of carbonyl (C=O) groups is 2. The average molecular weight is 489 g/mol. The molecule has 5 aliphatic rings. The number of allylic oxidation sites excluding steroid dienone is 1. The Morgan fingerprint density at radius 1 is 1.00 bits per heavy atom. The first-order valence-electron chi connectivity index (χ1n) is 11.7. The SMILES string of the molecule is C=C1NC2=C(S1)[C@@H](c1ccc(OC)cc1)[C@@H]1[C@@H]3C[C@H]([C@@H]1S2)[C@@H]1C(=O)N(c2ccccc2)C(=O)[C@H]31. The van der Waals surface area contributed by atoms with Crippen molar-refractivity contribution < 1.29 is 14.3 Å². The van der Waals surface area contributed by atoms with Gasteiger partial charge in [-0.3, -0.25) is 14.5 Å². The maximum Gasteiger partial charge on any atom is 0.238 e. The molecule has 172 valence electrons. The van der Waals surface area contributed by atoms with Crippen molar-refractivity contribution in [3.05, 3.63) is 81.7 Å². The fourth-order valence-corrected chi connectivity index (χ4v) is 10.1. The van der Waals surface area contributed by atoms with Crippen LogP contribution in [0.25, 0.3) is 0 Å². The lowest BCUT2D eigenvalue weighted by Gasteiger charge is -2.43. The second-order valence-corrected chi connectivity index (χ2v) is 12.0. The number of amides is 2. The van der Waals surface area contributed by atoms with E-state index in [9.17, 15) is 9.59 Å². The van der Waals surface area contributed by atoms with E-state index in [2.05, 4.69) is 24.0 Å². The van der Waals surface area contributed by atoms with Crippen molar-refractivity contribution in [2.45, 2.75) is 17.6 Å². The molecular formula is C27H24N2O3S2. The third kappa shape index (κ3) is 2.71. The molecule has 0 unspecified atom stereocenters. The number of carbonyl (C=O) groups excluding carboxylic acids is 2. The molecule has 7 heteroatoms. The van der Waals surface area contributed by atoms with E-state index < -0.39 is 0 Å². The standard InChI is InChI=1S/C27H24N2O3S2/c1-13-28-25-24(33-13)19(14-8-10-16(32-2)11-9-14)20-17-12-18(23(20)34-25)22-21(17)26(30)29(27(22)31)15-6-4-3-5-7-15/h3-11,17-23,28H,1,12H2,2H3/t17-,18-,19-,20-,21+,22-,23-/m0/s1. The van der Waals surface area contributed by atoms with Crippen molar-refractivity contribution in [2.24, 2.45) is 29.6 Å². The monoisotopic (exact) mass is 488 g/mol. The van der Waals surface area contributed by atoms with Gasteiger partial charge in [-0.05, 0) is 54.0 Å². The molecule has 1 saturated heterocycles. The molecule has 7 rings (SSSR count). The van der Waals surface area contributed by atoms with Crippen molar-refractivity contribution in [1.82, 2.24) is 5.32 Å². The summed E-state index contributed by atoms with van der Waals surface area (Å²) >= 11 is 3.60. The highest BCUT2D eigenvalue weighted by atomic mass is 32.2. The second kappa shape index (κ2) is 7.43. The van der Waals surface area contributed by atoms with E-state index in [1.54, 1.807) is 18.9 Å². The normalized spacial score (nSPS) is 35.4. The van der Waals surface area contributed by atoms with Gasteiger partial charge in [0.2, 0.25) is 11.8 Å². The van der Waals surface area contributed by atoms with Gasteiger partial charge in [0.05, 0.1) is 34.7 Å². The van der Waals surface area contributed by atoms with Gasteiger partial charge in [-0.1, -0.05) is 48.7 Å². The van der Waals surface area contributed by atoms with Gasteiger partial charge in [0.25, 0.3) is 0 Å². The molecule has 2 aromatic rings. The Hall–Kier alpha value is -2.64. The summed E-state index contributed by atoms with van der Waals surface area (Å²) < 4.78 is 5.40. The molecule has 3 heterocycles. The maximum atomic E-state index is 13.7. The molecule has 7 atom stereocenters. The predicted octanol–water partition coefficient (Wildman–Crippen LogP) is 4.94. The van der Waals surface area contributed by atoms with Crippen molar-refractivity contribution in [3.8, 4) is 5.75 Å². The first-order valence-corrected chi connectivity index (χ1v) is 13.4. The van der Waals surface area contributed by atoms with Crippen LogP contribution >= 0.6 is 23.5 Å². The lowest BCUT2D eigenvalue weighted by Crippen LogP contribution is -2.43. The third-order valence-corrected chi connectivity index (χ3v) is 10.9. The molecule has 2 bridgehead atoms. The molecule has 2 saturated carbocycles. The maximum absolute atomic E-state index is 13.7. The van der Waals surface area contributed by atoms with E-state index in [4.69, 9.17) is 4.74 Å². The molecule has 0 spiro atoms. The molecule has 0 aromatic heterocycles. The summed E-state index contributed by atoms with van der Waals surface area (Å²) in [4.78, 5) is 30.1. The Bertz CT molecular complexity index is 1260. The predicted molar refractivity (Wildman–Crippen MR) is 135 cm³/mol. The van der Waals surface area contributed by atoms with Crippen molar-refractivity contribution in [1.29, 1.82) is 0 Å². The summed E-state index contributed by atoms with van der Waals surface area (Å²) in [6, 6.07) is 17.8. The molecule has 3 aliphatic heterocycles. The van der Waals surface area contributed by atoms with Crippen molar-refractivity contribution >= 4 is 41.0 Å². The first kappa shape index (κ1) is 20.7. The van der Waals surface area contributed by atoms with Crippen LogP contribution in [0.2, 0.25) is 0 Å². The van der Waals surface area contributed by atoms with Crippen LogP contribution in [-0.2, 0) is 9.59 Å². The zero-order chi connectivity index (χ0) is 23.1. The highest BCUT2D eigenvalue weighted by Gasteiger charge is 2.69. The highest BCUT2D eigenvalue weighted by molar-refractivity contribution is 8.10. The topological polar surface area (TPSA) is 58.6 Å². The molecule has 5 nitrogen and oxygen atoms in total. The summed E-state index contributed by atoms with van der Waals surface area (Å²) in [5, 5.41) is 5.93. The number of fused-ring (bicyclic) bond motifs is 8. The summed E-state index contributed by atoms with van der Waals surface area (Å²) in [6.07, 6.45) is 0.955. The Kier molecular flexibility index (Phi) is 4.52. The minimum Gasteiger partial charge on any atom is -0.497 e. The van der Waals surface area contributed by atoms with E-state index in [0.717, 1.165) is 17.2 Å².